The van der Waals surface area contributed by atoms with E-state index in [0.717, 1.165) is 0 Å². The molecule has 1 aromatic rings. The standard InChI is InChI=1S/C19H20N2O6/c22-7-1-6-20-17(23)15-13-4-5-19(27-13)9-21(18(24)16(15)19)11-2-3-12-14(8-11)26-10-25-12/h2-5,8,13,15-16,22H,1,6-7,9-10H2,(H,20,23)/t13-,15+,16+,19+/m1/s1. The number of aliphatic hydroxyl groups is 1. The summed E-state index contributed by atoms with van der Waals surface area (Å²) in [5.74, 6) is -0.170. The Bertz CT molecular complexity index is 839. The SMILES string of the molecule is O=C(NCCCO)[C@@H]1[C@H]2C(=O)N(c3ccc4c(c3)OCO4)C[C@@]23C=C[C@H]1O3. The number of rotatable bonds is 5. The first-order chi connectivity index (χ1) is 13.1. The summed E-state index contributed by atoms with van der Waals surface area (Å²) >= 11 is 0. The van der Waals surface area contributed by atoms with Gasteiger partial charge in [-0.2, -0.15) is 0 Å². The maximum atomic E-state index is 13.2. The van der Waals surface area contributed by atoms with E-state index in [9.17, 15) is 9.59 Å². The summed E-state index contributed by atoms with van der Waals surface area (Å²) < 4.78 is 16.8. The van der Waals surface area contributed by atoms with Gasteiger partial charge in [-0.3, -0.25) is 9.59 Å². The molecule has 4 atom stereocenters. The first kappa shape index (κ1) is 16.6. The van der Waals surface area contributed by atoms with Crippen molar-refractivity contribution in [1.29, 1.82) is 0 Å². The fourth-order valence-corrected chi connectivity index (χ4v) is 4.48. The molecule has 5 rings (SSSR count). The maximum Gasteiger partial charge on any atom is 0.234 e. The van der Waals surface area contributed by atoms with Crippen LogP contribution in [0.2, 0.25) is 0 Å². The number of anilines is 1. The van der Waals surface area contributed by atoms with Gasteiger partial charge < -0.3 is 29.5 Å². The van der Waals surface area contributed by atoms with E-state index in [2.05, 4.69) is 5.32 Å². The first-order valence-electron chi connectivity index (χ1n) is 9.10. The van der Waals surface area contributed by atoms with Crippen LogP contribution in [0.5, 0.6) is 11.5 Å². The lowest BCUT2D eigenvalue weighted by atomic mass is 9.77. The number of benzene rings is 1. The number of carbonyl (C=O) groups excluding carboxylic acids is 2. The van der Waals surface area contributed by atoms with Crippen molar-refractivity contribution in [3.05, 3.63) is 30.4 Å². The van der Waals surface area contributed by atoms with Gasteiger partial charge in [0.1, 0.15) is 5.60 Å². The molecule has 8 heteroatoms. The smallest absolute Gasteiger partial charge is 0.234 e. The van der Waals surface area contributed by atoms with Crippen LogP contribution in [0, 0.1) is 11.8 Å². The van der Waals surface area contributed by atoms with Gasteiger partial charge in [-0.05, 0) is 18.6 Å². The zero-order valence-electron chi connectivity index (χ0n) is 14.6. The Labute approximate surface area is 155 Å². The molecule has 1 spiro atoms. The number of nitrogens with zero attached hydrogens (tertiary/aromatic N) is 1. The molecule has 27 heavy (non-hydrogen) atoms. The highest BCUT2D eigenvalue weighted by Crippen LogP contribution is 2.53. The van der Waals surface area contributed by atoms with Gasteiger partial charge in [0.25, 0.3) is 0 Å². The van der Waals surface area contributed by atoms with Gasteiger partial charge in [0, 0.05) is 24.9 Å². The predicted octanol–water partition coefficient (Wildman–Crippen LogP) is 0.200. The van der Waals surface area contributed by atoms with Gasteiger partial charge in [-0.15, -0.1) is 0 Å². The molecular weight excluding hydrogens is 352 g/mol. The Hall–Kier alpha value is -2.58. The summed E-state index contributed by atoms with van der Waals surface area (Å²) in [7, 11) is 0. The van der Waals surface area contributed by atoms with E-state index in [1.807, 2.05) is 18.2 Å². The van der Waals surface area contributed by atoms with Gasteiger partial charge in [0.05, 0.1) is 24.5 Å². The van der Waals surface area contributed by atoms with Crippen LogP contribution in [0.4, 0.5) is 5.69 Å². The lowest BCUT2D eigenvalue weighted by Crippen LogP contribution is -2.44. The van der Waals surface area contributed by atoms with Gasteiger partial charge in [0.15, 0.2) is 11.5 Å². The highest BCUT2D eigenvalue weighted by molar-refractivity contribution is 6.03. The van der Waals surface area contributed by atoms with Gasteiger partial charge in [0.2, 0.25) is 18.6 Å². The molecule has 142 valence electrons. The van der Waals surface area contributed by atoms with Gasteiger partial charge in [-0.25, -0.2) is 0 Å². The highest BCUT2D eigenvalue weighted by Gasteiger charge is 2.67. The predicted molar refractivity (Wildman–Crippen MR) is 93.4 cm³/mol. The zero-order valence-corrected chi connectivity index (χ0v) is 14.6. The minimum Gasteiger partial charge on any atom is -0.454 e. The van der Waals surface area contributed by atoms with Crippen molar-refractivity contribution in [2.75, 3.05) is 31.4 Å². The Kier molecular flexibility index (Phi) is 3.66. The number of fused-ring (bicyclic) bond motifs is 2. The van der Waals surface area contributed by atoms with E-state index in [1.165, 1.54) is 0 Å². The minimum absolute atomic E-state index is 0.00890. The Morgan fingerprint density at radius 3 is 3.04 bits per heavy atom. The molecule has 2 N–H and O–H groups in total. The molecule has 8 nitrogen and oxygen atoms in total. The summed E-state index contributed by atoms with van der Waals surface area (Å²) in [6, 6.07) is 5.38. The van der Waals surface area contributed by atoms with Crippen molar-refractivity contribution in [2.45, 2.75) is 18.1 Å². The van der Waals surface area contributed by atoms with Crippen LogP contribution >= 0.6 is 0 Å². The Morgan fingerprint density at radius 2 is 2.19 bits per heavy atom. The summed E-state index contributed by atoms with van der Waals surface area (Å²) in [5.41, 5.74) is -0.0650. The van der Waals surface area contributed by atoms with Crippen molar-refractivity contribution in [3.63, 3.8) is 0 Å². The second kappa shape index (κ2) is 5.97. The molecule has 4 heterocycles. The fourth-order valence-electron chi connectivity index (χ4n) is 4.48. The van der Waals surface area contributed by atoms with E-state index < -0.39 is 17.4 Å². The molecule has 0 saturated carbocycles. The maximum absolute atomic E-state index is 13.2. The second-order valence-electron chi connectivity index (χ2n) is 7.23. The average Bonchev–Trinajstić information content (AvgIpc) is 3.41. The molecule has 4 aliphatic heterocycles. The first-order valence-corrected chi connectivity index (χ1v) is 9.10. The molecule has 2 amide bonds. The lowest BCUT2D eigenvalue weighted by molar-refractivity contribution is -0.131. The van der Waals surface area contributed by atoms with Crippen LogP contribution in [0.25, 0.3) is 0 Å². The van der Waals surface area contributed by atoms with Crippen LogP contribution in [-0.2, 0) is 14.3 Å². The molecule has 0 radical (unpaired) electrons. The Balaban J connectivity index is 1.42. The molecule has 4 aliphatic rings. The summed E-state index contributed by atoms with van der Waals surface area (Å²) in [6.45, 7) is 0.920. The van der Waals surface area contributed by atoms with Crippen molar-refractivity contribution >= 4 is 17.5 Å². The van der Waals surface area contributed by atoms with Crippen LogP contribution in [0.15, 0.2) is 30.4 Å². The van der Waals surface area contributed by atoms with E-state index in [0.29, 0.717) is 36.7 Å². The van der Waals surface area contributed by atoms with Crippen LogP contribution in [0.1, 0.15) is 6.42 Å². The molecular formula is C19H20N2O6. The molecule has 2 bridgehead atoms. The topological polar surface area (TPSA) is 97.3 Å². The molecule has 0 aliphatic carbocycles. The molecule has 2 saturated heterocycles. The number of hydrogen-bond acceptors (Lipinski definition) is 6. The van der Waals surface area contributed by atoms with Crippen molar-refractivity contribution in [1.82, 2.24) is 5.32 Å². The third-order valence-corrected chi connectivity index (χ3v) is 5.71. The third-order valence-electron chi connectivity index (χ3n) is 5.71. The van der Waals surface area contributed by atoms with Crippen LogP contribution < -0.4 is 19.7 Å². The zero-order chi connectivity index (χ0) is 18.6. The second-order valence-corrected chi connectivity index (χ2v) is 7.23. The number of aliphatic hydroxyl groups excluding tert-OH is 1. The minimum atomic E-state index is -0.767. The van der Waals surface area contributed by atoms with E-state index in [4.69, 9.17) is 19.3 Å². The molecule has 1 aromatic carbocycles. The monoisotopic (exact) mass is 372 g/mol. The van der Waals surface area contributed by atoms with Crippen molar-refractivity contribution in [2.24, 2.45) is 11.8 Å². The van der Waals surface area contributed by atoms with Gasteiger partial charge >= 0.3 is 0 Å². The number of hydrogen-bond donors (Lipinski definition) is 2. The number of carbonyl (C=O) groups is 2. The van der Waals surface area contributed by atoms with E-state index >= 15 is 0 Å². The molecule has 2 fully saturated rings. The van der Waals surface area contributed by atoms with Crippen molar-refractivity contribution < 1.29 is 28.9 Å². The number of ether oxygens (including phenoxy) is 3. The summed E-state index contributed by atoms with van der Waals surface area (Å²) in [6.07, 6.45) is 3.90. The molecule has 0 unspecified atom stereocenters. The fraction of sp³-hybridized carbons (Fsp3) is 0.474. The average molecular weight is 372 g/mol. The number of nitrogens with one attached hydrogen (secondary N) is 1. The number of amides is 2. The van der Waals surface area contributed by atoms with Gasteiger partial charge in [-0.1, -0.05) is 12.2 Å². The van der Waals surface area contributed by atoms with Crippen LogP contribution in [0.3, 0.4) is 0 Å². The third kappa shape index (κ3) is 2.36. The van der Waals surface area contributed by atoms with E-state index in [-0.39, 0.29) is 31.3 Å². The highest BCUT2D eigenvalue weighted by atomic mass is 16.7. The van der Waals surface area contributed by atoms with Crippen molar-refractivity contribution in [3.8, 4) is 11.5 Å². The molecule has 0 aromatic heterocycles. The normalized spacial score (nSPS) is 32.3. The summed E-state index contributed by atoms with van der Waals surface area (Å²) in [4.78, 5) is 27.6. The quantitative estimate of drug-likeness (QED) is 0.566. The summed E-state index contributed by atoms with van der Waals surface area (Å²) in [5, 5.41) is 11.7. The lowest BCUT2D eigenvalue weighted by Gasteiger charge is -2.23. The van der Waals surface area contributed by atoms with E-state index in [1.54, 1.807) is 17.0 Å². The largest absolute Gasteiger partial charge is 0.454 e. The Morgan fingerprint density at radius 1 is 1.33 bits per heavy atom. The van der Waals surface area contributed by atoms with Crippen LogP contribution in [-0.4, -0.2) is 55.1 Å².